The van der Waals surface area contributed by atoms with Gasteiger partial charge in [-0.3, -0.25) is 0 Å². The average molecular weight is 157 g/mol. The SMILES string of the molecule is CCC.C[C@H]1CCCCN1C. The van der Waals surface area contributed by atoms with Crippen LogP contribution in [-0.4, -0.2) is 24.5 Å². The van der Waals surface area contributed by atoms with Crippen molar-refractivity contribution in [3.05, 3.63) is 0 Å². The number of piperidine rings is 1. The lowest BCUT2D eigenvalue weighted by Crippen LogP contribution is -2.33. The minimum absolute atomic E-state index is 0.837. The van der Waals surface area contributed by atoms with Gasteiger partial charge in [0, 0.05) is 6.04 Å². The smallest absolute Gasteiger partial charge is 0.00638 e. The molecule has 0 N–H and O–H groups in total. The monoisotopic (exact) mass is 157 g/mol. The molecule has 0 aliphatic carbocycles. The van der Waals surface area contributed by atoms with Crippen LogP contribution in [-0.2, 0) is 0 Å². The molecule has 0 amide bonds. The van der Waals surface area contributed by atoms with Gasteiger partial charge in [0.05, 0.1) is 0 Å². The Morgan fingerprint density at radius 1 is 1.27 bits per heavy atom. The maximum Gasteiger partial charge on any atom is 0.00638 e. The van der Waals surface area contributed by atoms with Gasteiger partial charge in [-0.25, -0.2) is 0 Å². The van der Waals surface area contributed by atoms with Crippen LogP contribution in [0.2, 0.25) is 0 Å². The fourth-order valence-electron chi connectivity index (χ4n) is 1.24. The van der Waals surface area contributed by atoms with Gasteiger partial charge >= 0.3 is 0 Å². The van der Waals surface area contributed by atoms with Crippen molar-refractivity contribution in [1.29, 1.82) is 0 Å². The molecule has 0 spiro atoms. The molecule has 0 unspecified atom stereocenters. The largest absolute Gasteiger partial charge is 0.304 e. The molecule has 1 heteroatoms. The highest BCUT2D eigenvalue weighted by molar-refractivity contribution is 4.68. The van der Waals surface area contributed by atoms with Crippen molar-refractivity contribution in [3.8, 4) is 0 Å². The lowest BCUT2D eigenvalue weighted by Gasteiger charge is -2.29. The van der Waals surface area contributed by atoms with E-state index >= 15 is 0 Å². The summed E-state index contributed by atoms with van der Waals surface area (Å²) in [5.41, 5.74) is 0. The van der Waals surface area contributed by atoms with Crippen molar-refractivity contribution in [3.63, 3.8) is 0 Å². The summed E-state index contributed by atoms with van der Waals surface area (Å²) in [6.07, 6.45) is 5.49. The van der Waals surface area contributed by atoms with Gasteiger partial charge in [0.15, 0.2) is 0 Å². The van der Waals surface area contributed by atoms with Crippen LogP contribution in [0.25, 0.3) is 0 Å². The number of rotatable bonds is 0. The Hall–Kier alpha value is -0.0400. The van der Waals surface area contributed by atoms with Crippen LogP contribution in [0.5, 0.6) is 0 Å². The first-order valence-electron chi connectivity index (χ1n) is 4.92. The second-order valence-electron chi connectivity index (χ2n) is 3.53. The van der Waals surface area contributed by atoms with Crippen molar-refractivity contribution in [1.82, 2.24) is 4.90 Å². The first-order valence-corrected chi connectivity index (χ1v) is 4.92. The molecule has 1 atom stereocenters. The first-order chi connectivity index (χ1) is 5.22. The molecule has 1 heterocycles. The molecule has 0 radical (unpaired) electrons. The van der Waals surface area contributed by atoms with E-state index in [4.69, 9.17) is 0 Å². The number of nitrogens with zero attached hydrogens (tertiary/aromatic N) is 1. The van der Waals surface area contributed by atoms with Gasteiger partial charge in [-0.2, -0.15) is 0 Å². The molecule has 1 aliphatic heterocycles. The van der Waals surface area contributed by atoms with Crippen LogP contribution >= 0.6 is 0 Å². The fourth-order valence-corrected chi connectivity index (χ4v) is 1.24. The van der Waals surface area contributed by atoms with E-state index in [-0.39, 0.29) is 0 Å². The van der Waals surface area contributed by atoms with E-state index in [1.54, 1.807) is 0 Å². The second kappa shape index (κ2) is 6.66. The standard InChI is InChI=1S/C7H15N.C3H8/c1-7-5-3-4-6-8(7)2;1-3-2/h7H,3-6H2,1-2H3;3H2,1-2H3/t7-;/m0./s1. The molecule has 1 fully saturated rings. The zero-order valence-corrected chi connectivity index (χ0v) is 8.56. The van der Waals surface area contributed by atoms with Crippen LogP contribution in [0.3, 0.4) is 0 Å². The molecular weight excluding hydrogens is 134 g/mol. The predicted molar refractivity (Wildman–Crippen MR) is 51.9 cm³/mol. The Labute approximate surface area is 71.8 Å². The summed E-state index contributed by atoms with van der Waals surface area (Å²) >= 11 is 0. The van der Waals surface area contributed by atoms with Crippen molar-refractivity contribution < 1.29 is 0 Å². The molecule has 1 rings (SSSR count). The normalized spacial score (nSPS) is 25.6. The second-order valence-corrected chi connectivity index (χ2v) is 3.53. The van der Waals surface area contributed by atoms with Crippen molar-refractivity contribution in [2.24, 2.45) is 0 Å². The van der Waals surface area contributed by atoms with Gasteiger partial charge in [0.2, 0.25) is 0 Å². The Morgan fingerprint density at radius 2 is 1.82 bits per heavy atom. The summed E-state index contributed by atoms with van der Waals surface area (Å²) in [6, 6.07) is 0.837. The Bertz CT molecular complexity index is 70.9. The van der Waals surface area contributed by atoms with E-state index in [1.807, 2.05) is 0 Å². The van der Waals surface area contributed by atoms with Gasteiger partial charge in [-0.05, 0) is 33.4 Å². The van der Waals surface area contributed by atoms with Crippen LogP contribution < -0.4 is 0 Å². The van der Waals surface area contributed by atoms with E-state index < -0.39 is 0 Å². The Morgan fingerprint density at radius 3 is 2.09 bits per heavy atom. The summed E-state index contributed by atoms with van der Waals surface area (Å²) < 4.78 is 0. The van der Waals surface area contributed by atoms with Crippen molar-refractivity contribution in [2.45, 2.75) is 52.5 Å². The molecule has 1 aliphatic rings. The molecule has 68 valence electrons. The summed E-state index contributed by atoms with van der Waals surface area (Å²) in [7, 11) is 2.21. The lowest BCUT2D eigenvalue weighted by atomic mass is 10.1. The molecule has 0 saturated carbocycles. The number of likely N-dealkylation sites (tertiary alicyclic amines) is 1. The predicted octanol–water partition coefficient (Wildman–Crippen LogP) is 2.91. The topological polar surface area (TPSA) is 3.24 Å². The summed E-state index contributed by atoms with van der Waals surface area (Å²) in [5, 5.41) is 0. The third kappa shape index (κ3) is 5.25. The quantitative estimate of drug-likeness (QED) is 0.522. The molecular formula is C10H23N. The van der Waals surface area contributed by atoms with Crippen LogP contribution in [0, 0.1) is 0 Å². The summed E-state index contributed by atoms with van der Waals surface area (Å²) in [5.74, 6) is 0. The molecule has 1 nitrogen and oxygen atoms in total. The molecule has 0 aromatic heterocycles. The van der Waals surface area contributed by atoms with E-state index in [9.17, 15) is 0 Å². The van der Waals surface area contributed by atoms with Crippen LogP contribution in [0.15, 0.2) is 0 Å². The van der Waals surface area contributed by atoms with E-state index in [2.05, 4.69) is 32.7 Å². The van der Waals surface area contributed by atoms with Gasteiger partial charge in [0.1, 0.15) is 0 Å². The third-order valence-corrected chi connectivity index (χ3v) is 2.14. The average Bonchev–Trinajstić information content (AvgIpc) is 1.97. The molecule has 0 aromatic rings. The van der Waals surface area contributed by atoms with Gasteiger partial charge < -0.3 is 4.90 Å². The minimum Gasteiger partial charge on any atom is -0.304 e. The van der Waals surface area contributed by atoms with Gasteiger partial charge in [-0.15, -0.1) is 0 Å². The Balaban J connectivity index is 0.000000292. The first kappa shape index (κ1) is 11.0. The molecule has 1 saturated heterocycles. The van der Waals surface area contributed by atoms with E-state index in [1.165, 1.54) is 32.2 Å². The van der Waals surface area contributed by atoms with Crippen molar-refractivity contribution in [2.75, 3.05) is 13.6 Å². The molecule has 0 aromatic carbocycles. The number of hydrogen-bond donors (Lipinski definition) is 0. The highest BCUT2D eigenvalue weighted by atomic mass is 15.1. The van der Waals surface area contributed by atoms with Crippen molar-refractivity contribution >= 4 is 0 Å². The van der Waals surface area contributed by atoms with Crippen LogP contribution in [0.1, 0.15) is 46.5 Å². The van der Waals surface area contributed by atoms with Gasteiger partial charge in [0.25, 0.3) is 0 Å². The minimum atomic E-state index is 0.837. The third-order valence-electron chi connectivity index (χ3n) is 2.14. The van der Waals surface area contributed by atoms with E-state index in [0.717, 1.165) is 6.04 Å². The maximum atomic E-state index is 2.43. The zero-order chi connectivity index (χ0) is 8.69. The number of hydrogen-bond acceptors (Lipinski definition) is 1. The lowest BCUT2D eigenvalue weighted by molar-refractivity contribution is 0.200. The molecule has 11 heavy (non-hydrogen) atoms. The molecule has 0 bridgehead atoms. The summed E-state index contributed by atoms with van der Waals surface area (Å²) in [4.78, 5) is 2.43. The fraction of sp³-hybridized carbons (Fsp3) is 1.00. The van der Waals surface area contributed by atoms with E-state index in [0.29, 0.717) is 0 Å². The van der Waals surface area contributed by atoms with Gasteiger partial charge in [-0.1, -0.05) is 26.7 Å². The Kier molecular flexibility index (Phi) is 6.63. The highest BCUT2D eigenvalue weighted by Gasteiger charge is 2.12. The zero-order valence-electron chi connectivity index (χ0n) is 8.56. The maximum absolute atomic E-state index is 2.43. The summed E-state index contributed by atoms with van der Waals surface area (Å²) in [6.45, 7) is 7.86. The van der Waals surface area contributed by atoms with Crippen LogP contribution in [0.4, 0.5) is 0 Å². The highest BCUT2D eigenvalue weighted by Crippen LogP contribution is 2.13.